The molecule has 0 aromatic carbocycles. The first kappa shape index (κ1) is 12.4. The molecule has 0 aliphatic rings. The van der Waals surface area contributed by atoms with Gasteiger partial charge in [0.2, 0.25) is 0 Å². The van der Waals surface area contributed by atoms with Crippen LogP contribution in [-0.2, 0) is 10.8 Å². The summed E-state index contributed by atoms with van der Waals surface area (Å²) in [5, 5.41) is 0.523. The van der Waals surface area contributed by atoms with Gasteiger partial charge in [0.25, 0.3) is 0 Å². The fourth-order valence-electron chi connectivity index (χ4n) is 1.23. The van der Waals surface area contributed by atoms with Gasteiger partial charge in [-0.2, -0.15) is 0 Å². The summed E-state index contributed by atoms with van der Waals surface area (Å²) >= 11 is 6.15. The molecule has 0 aliphatic heterocycles. The molecular weight excluding hydrogens is 208 g/mol. The van der Waals surface area contributed by atoms with E-state index < -0.39 is 0 Å². The lowest BCUT2D eigenvalue weighted by atomic mass is 9.90. The zero-order chi connectivity index (χ0) is 11.9. The van der Waals surface area contributed by atoms with Crippen LogP contribution in [0.4, 0.5) is 0 Å². The molecule has 0 unspecified atom stereocenters. The number of halogens is 1. The van der Waals surface area contributed by atoms with Gasteiger partial charge in [-0.25, -0.2) is 4.98 Å². The molecule has 0 spiro atoms. The van der Waals surface area contributed by atoms with E-state index in [0.29, 0.717) is 5.15 Å². The van der Waals surface area contributed by atoms with Gasteiger partial charge in [-0.15, -0.1) is 0 Å². The van der Waals surface area contributed by atoms with Gasteiger partial charge in [0.15, 0.2) is 5.15 Å². The summed E-state index contributed by atoms with van der Waals surface area (Å²) in [6, 6.07) is 0. The molecule has 84 valence electrons. The molecule has 2 nitrogen and oxygen atoms in total. The standard InChI is InChI=1S/C12H19ClN2/c1-11(2,3)8-7-14-9(10(13)15-8)12(4,5)6/h7H,1-6H3. The minimum atomic E-state index is -0.0551. The molecule has 1 aromatic heterocycles. The van der Waals surface area contributed by atoms with E-state index in [2.05, 4.69) is 51.5 Å². The summed E-state index contributed by atoms with van der Waals surface area (Å²) in [4.78, 5) is 8.84. The van der Waals surface area contributed by atoms with E-state index >= 15 is 0 Å². The summed E-state index contributed by atoms with van der Waals surface area (Å²) < 4.78 is 0. The molecule has 0 bridgehead atoms. The summed E-state index contributed by atoms with van der Waals surface area (Å²) in [5.41, 5.74) is 1.73. The third-order valence-electron chi connectivity index (χ3n) is 2.21. The summed E-state index contributed by atoms with van der Waals surface area (Å²) in [6.07, 6.45) is 1.83. The van der Waals surface area contributed by atoms with Crippen molar-refractivity contribution in [2.45, 2.75) is 52.4 Å². The van der Waals surface area contributed by atoms with Crippen molar-refractivity contribution in [3.63, 3.8) is 0 Å². The number of aromatic nitrogens is 2. The highest BCUT2D eigenvalue weighted by Gasteiger charge is 2.23. The molecule has 0 saturated heterocycles. The van der Waals surface area contributed by atoms with Crippen LogP contribution in [0.25, 0.3) is 0 Å². The average Bonchev–Trinajstić information content (AvgIpc) is 1.99. The van der Waals surface area contributed by atoms with Gasteiger partial charge in [0.05, 0.1) is 11.4 Å². The molecule has 15 heavy (non-hydrogen) atoms. The zero-order valence-corrected chi connectivity index (χ0v) is 11.1. The predicted octanol–water partition coefficient (Wildman–Crippen LogP) is 3.73. The lowest BCUT2D eigenvalue weighted by Gasteiger charge is -2.22. The van der Waals surface area contributed by atoms with E-state index in [0.717, 1.165) is 11.4 Å². The van der Waals surface area contributed by atoms with Gasteiger partial charge in [0.1, 0.15) is 0 Å². The zero-order valence-electron chi connectivity index (χ0n) is 10.3. The van der Waals surface area contributed by atoms with Crippen molar-refractivity contribution in [3.05, 3.63) is 22.7 Å². The summed E-state index contributed by atoms with van der Waals surface area (Å²) in [5.74, 6) is 0. The van der Waals surface area contributed by atoms with Crippen molar-refractivity contribution in [2.24, 2.45) is 0 Å². The number of rotatable bonds is 0. The van der Waals surface area contributed by atoms with E-state index in [1.165, 1.54) is 0 Å². The van der Waals surface area contributed by atoms with E-state index in [4.69, 9.17) is 11.6 Å². The fraction of sp³-hybridized carbons (Fsp3) is 0.667. The molecule has 0 aliphatic carbocycles. The lowest BCUT2D eigenvalue weighted by Crippen LogP contribution is -2.19. The molecule has 1 aromatic rings. The fourth-order valence-corrected chi connectivity index (χ4v) is 1.65. The van der Waals surface area contributed by atoms with Gasteiger partial charge < -0.3 is 0 Å². The second-order valence-corrected chi connectivity index (χ2v) is 6.25. The molecule has 3 heteroatoms. The van der Waals surface area contributed by atoms with Gasteiger partial charge >= 0.3 is 0 Å². The van der Waals surface area contributed by atoms with Crippen molar-refractivity contribution in [1.29, 1.82) is 0 Å². The Kier molecular flexibility index (Phi) is 3.11. The van der Waals surface area contributed by atoms with Crippen LogP contribution in [0.1, 0.15) is 52.9 Å². The molecule has 0 N–H and O–H groups in total. The first-order valence-electron chi connectivity index (χ1n) is 5.16. The van der Waals surface area contributed by atoms with Crippen LogP contribution >= 0.6 is 11.6 Å². The van der Waals surface area contributed by atoms with Gasteiger partial charge in [0, 0.05) is 17.0 Å². The van der Waals surface area contributed by atoms with Crippen LogP contribution in [0.3, 0.4) is 0 Å². The second kappa shape index (κ2) is 3.75. The minimum absolute atomic E-state index is 0.00689. The summed E-state index contributed by atoms with van der Waals surface area (Å²) in [6.45, 7) is 12.6. The van der Waals surface area contributed by atoms with Crippen LogP contribution in [0.5, 0.6) is 0 Å². The van der Waals surface area contributed by atoms with Gasteiger partial charge in [-0.3, -0.25) is 4.98 Å². The van der Waals surface area contributed by atoms with Crippen molar-refractivity contribution in [3.8, 4) is 0 Å². The number of hydrogen-bond donors (Lipinski definition) is 0. The first-order valence-corrected chi connectivity index (χ1v) is 5.53. The van der Waals surface area contributed by atoms with Crippen molar-refractivity contribution in [1.82, 2.24) is 9.97 Å². The third kappa shape index (κ3) is 2.91. The SMILES string of the molecule is CC(C)(C)c1cnc(C(C)(C)C)c(Cl)n1. The summed E-state index contributed by atoms with van der Waals surface area (Å²) in [7, 11) is 0. The highest BCUT2D eigenvalue weighted by Crippen LogP contribution is 2.28. The second-order valence-electron chi connectivity index (χ2n) is 5.89. The van der Waals surface area contributed by atoms with Crippen LogP contribution in [0, 0.1) is 0 Å². The van der Waals surface area contributed by atoms with E-state index in [1.54, 1.807) is 0 Å². The molecule has 0 fully saturated rings. The number of hydrogen-bond acceptors (Lipinski definition) is 2. The Hall–Kier alpha value is -0.630. The normalized spacial score (nSPS) is 13.0. The Balaban J connectivity index is 3.21. The lowest BCUT2D eigenvalue weighted by molar-refractivity contribution is 0.540. The third-order valence-corrected chi connectivity index (χ3v) is 2.47. The molecular formula is C12H19ClN2. The average molecular weight is 227 g/mol. The van der Waals surface area contributed by atoms with Crippen molar-refractivity contribution >= 4 is 11.6 Å². The van der Waals surface area contributed by atoms with Crippen LogP contribution in [0.2, 0.25) is 5.15 Å². The van der Waals surface area contributed by atoms with E-state index in [-0.39, 0.29) is 10.8 Å². The monoisotopic (exact) mass is 226 g/mol. The van der Waals surface area contributed by atoms with Crippen molar-refractivity contribution < 1.29 is 0 Å². The smallest absolute Gasteiger partial charge is 0.151 e. The highest BCUT2D eigenvalue weighted by molar-refractivity contribution is 6.30. The maximum Gasteiger partial charge on any atom is 0.151 e. The van der Waals surface area contributed by atoms with Gasteiger partial charge in [-0.1, -0.05) is 53.1 Å². The van der Waals surface area contributed by atoms with E-state index in [9.17, 15) is 0 Å². The molecule has 0 saturated carbocycles. The number of nitrogens with zero attached hydrogens (tertiary/aromatic N) is 2. The maximum atomic E-state index is 6.15. The molecule has 1 rings (SSSR count). The Morgan fingerprint density at radius 1 is 1.00 bits per heavy atom. The Morgan fingerprint density at radius 2 is 1.53 bits per heavy atom. The van der Waals surface area contributed by atoms with Crippen molar-refractivity contribution in [2.75, 3.05) is 0 Å². The Labute approximate surface area is 97.1 Å². The molecule has 0 atom stereocenters. The predicted molar refractivity (Wildman–Crippen MR) is 64.4 cm³/mol. The topological polar surface area (TPSA) is 25.8 Å². The highest BCUT2D eigenvalue weighted by atomic mass is 35.5. The quantitative estimate of drug-likeness (QED) is 0.674. The Morgan fingerprint density at radius 3 is 1.87 bits per heavy atom. The maximum absolute atomic E-state index is 6.15. The molecule has 0 amide bonds. The Bertz CT molecular complexity index is 359. The van der Waals surface area contributed by atoms with Crippen LogP contribution in [-0.4, -0.2) is 9.97 Å². The minimum Gasteiger partial charge on any atom is -0.256 e. The van der Waals surface area contributed by atoms with Crippen LogP contribution in [0.15, 0.2) is 6.20 Å². The molecule has 1 heterocycles. The van der Waals surface area contributed by atoms with Gasteiger partial charge in [-0.05, 0) is 0 Å². The van der Waals surface area contributed by atoms with Crippen LogP contribution < -0.4 is 0 Å². The first-order chi connectivity index (χ1) is 6.62. The largest absolute Gasteiger partial charge is 0.256 e. The van der Waals surface area contributed by atoms with E-state index in [1.807, 2.05) is 6.20 Å². The molecule has 0 radical (unpaired) electrons.